The van der Waals surface area contributed by atoms with Gasteiger partial charge in [-0.05, 0) is 30.7 Å². The van der Waals surface area contributed by atoms with Crippen LogP contribution in [0.25, 0.3) is 0 Å². The van der Waals surface area contributed by atoms with Crippen LogP contribution >= 0.6 is 11.3 Å². The number of halogens is 1. The SMILES string of the molecule is CCCCOc1cccc(C(=O)Nc2nnc(S(=O)(=O)Cc3ccccc3F)s2)c1. The van der Waals surface area contributed by atoms with Crippen molar-refractivity contribution in [2.45, 2.75) is 29.9 Å². The number of nitrogens with zero attached hydrogens (tertiary/aromatic N) is 2. The summed E-state index contributed by atoms with van der Waals surface area (Å²) in [7, 11) is -3.90. The molecule has 0 bridgehead atoms. The molecule has 3 rings (SSSR count). The summed E-state index contributed by atoms with van der Waals surface area (Å²) >= 11 is 0.713. The smallest absolute Gasteiger partial charge is 0.257 e. The molecule has 2 aromatic carbocycles. The molecule has 10 heteroatoms. The van der Waals surface area contributed by atoms with Gasteiger partial charge in [-0.2, -0.15) is 0 Å². The maximum Gasteiger partial charge on any atom is 0.257 e. The minimum Gasteiger partial charge on any atom is -0.494 e. The van der Waals surface area contributed by atoms with E-state index in [2.05, 4.69) is 22.4 Å². The molecule has 1 heterocycles. The third-order valence-electron chi connectivity index (χ3n) is 4.06. The highest BCUT2D eigenvalue weighted by molar-refractivity contribution is 7.92. The van der Waals surface area contributed by atoms with Gasteiger partial charge in [0, 0.05) is 11.1 Å². The Bertz CT molecular complexity index is 1130. The molecule has 3 aromatic rings. The fourth-order valence-electron chi connectivity index (χ4n) is 2.50. The average molecular weight is 450 g/mol. The zero-order valence-electron chi connectivity index (χ0n) is 16.2. The zero-order chi connectivity index (χ0) is 21.6. The van der Waals surface area contributed by atoms with Gasteiger partial charge in [0.25, 0.3) is 5.91 Å². The van der Waals surface area contributed by atoms with E-state index in [1.165, 1.54) is 18.2 Å². The Hall–Kier alpha value is -2.85. The van der Waals surface area contributed by atoms with Crippen LogP contribution in [0.1, 0.15) is 35.7 Å². The van der Waals surface area contributed by atoms with Gasteiger partial charge in [-0.3, -0.25) is 10.1 Å². The van der Waals surface area contributed by atoms with Crippen molar-refractivity contribution in [3.8, 4) is 5.75 Å². The zero-order valence-corrected chi connectivity index (χ0v) is 17.8. The summed E-state index contributed by atoms with van der Waals surface area (Å²) in [5, 5.41) is 9.94. The van der Waals surface area contributed by atoms with Crippen LogP contribution in [0.15, 0.2) is 52.9 Å². The molecular formula is C20H20FN3O4S2. The van der Waals surface area contributed by atoms with E-state index in [0.717, 1.165) is 12.8 Å². The van der Waals surface area contributed by atoms with Gasteiger partial charge >= 0.3 is 0 Å². The number of rotatable bonds is 9. The molecule has 0 fully saturated rings. The number of hydrogen-bond donors (Lipinski definition) is 1. The second-order valence-electron chi connectivity index (χ2n) is 6.41. The van der Waals surface area contributed by atoms with Gasteiger partial charge in [-0.25, -0.2) is 12.8 Å². The fourth-order valence-corrected chi connectivity index (χ4v) is 4.82. The van der Waals surface area contributed by atoms with Crippen molar-refractivity contribution >= 4 is 32.2 Å². The number of anilines is 1. The summed E-state index contributed by atoms with van der Waals surface area (Å²) < 4.78 is 44.1. The number of unbranched alkanes of at least 4 members (excludes halogenated alkanes) is 1. The van der Waals surface area contributed by atoms with E-state index in [-0.39, 0.29) is 15.0 Å². The number of carbonyl (C=O) groups excluding carboxylic acids is 1. The van der Waals surface area contributed by atoms with Crippen molar-refractivity contribution in [2.24, 2.45) is 0 Å². The van der Waals surface area contributed by atoms with Crippen LogP contribution in [0.3, 0.4) is 0 Å². The highest BCUT2D eigenvalue weighted by atomic mass is 32.2. The van der Waals surface area contributed by atoms with Crippen molar-refractivity contribution in [1.29, 1.82) is 0 Å². The molecule has 1 amide bonds. The van der Waals surface area contributed by atoms with Crippen LogP contribution in [0.5, 0.6) is 5.75 Å². The molecular weight excluding hydrogens is 429 g/mol. The second-order valence-corrected chi connectivity index (χ2v) is 9.55. The van der Waals surface area contributed by atoms with Crippen molar-refractivity contribution in [3.63, 3.8) is 0 Å². The Morgan fingerprint density at radius 2 is 1.97 bits per heavy atom. The first-order chi connectivity index (χ1) is 14.4. The molecule has 7 nitrogen and oxygen atoms in total. The maximum absolute atomic E-state index is 13.8. The van der Waals surface area contributed by atoms with Gasteiger partial charge in [-0.15, -0.1) is 10.2 Å². The Kier molecular flexibility index (Phi) is 7.11. The molecule has 1 aromatic heterocycles. The van der Waals surface area contributed by atoms with E-state index in [9.17, 15) is 17.6 Å². The van der Waals surface area contributed by atoms with Crippen LogP contribution in [0.2, 0.25) is 0 Å². The minimum atomic E-state index is -3.90. The van der Waals surface area contributed by atoms with E-state index >= 15 is 0 Å². The van der Waals surface area contributed by atoms with Crippen LogP contribution < -0.4 is 10.1 Å². The van der Waals surface area contributed by atoms with Crippen molar-refractivity contribution < 1.29 is 22.3 Å². The Labute approximate surface area is 177 Å². The summed E-state index contributed by atoms with van der Waals surface area (Å²) in [4.78, 5) is 12.5. The first-order valence-electron chi connectivity index (χ1n) is 9.23. The lowest BCUT2D eigenvalue weighted by atomic mass is 10.2. The largest absolute Gasteiger partial charge is 0.494 e. The van der Waals surface area contributed by atoms with Gasteiger partial charge in [-0.1, -0.05) is 48.9 Å². The number of hydrogen-bond acceptors (Lipinski definition) is 7. The maximum atomic E-state index is 13.8. The fraction of sp³-hybridized carbons (Fsp3) is 0.250. The van der Waals surface area contributed by atoms with E-state index in [0.29, 0.717) is 29.3 Å². The molecule has 0 radical (unpaired) electrons. The monoisotopic (exact) mass is 449 g/mol. The van der Waals surface area contributed by atoms with Crippen LogP contribution in [0.4, 0.5) is 9.52 Å². The quantitative estimate of drug-likeness (QED) is 0.390. The molecule has 0 unspecified atom stereocenters. The van der Waals surface area contributed by atoms with Gasteiger partial charge in [0.1, 0.15) is 11.6 Å². The number of aromatic nitrogens is 2. The number of amides is 1. The number of ether oxygens (including phenoxy) is 1. The lowest BCUT2D eigenvalue weighted by molar-refractivity contribution is 0.102. The number of sulfone groups is 1. The van der Waals surface area contributed by atoms with Crippen LogP contribution in [-0.4, -0.2) is 31.1 Å². The molecule has 0 atom stereocenters. The van der Waals surface area contributed by atoms with Gasteiger partial charge in [0.15, 0.2) is 0 Å². The molecule has 158 valence electrons. The molecule has 0 aliphatic heterocycles. The number of benzene rings is 2. The van der Waals surface area contributed by atoms with E-state index < -0.39 is 27.3 Å². The summed E-state index contributed by atoms with van der Waals surface area (Å²) in [6.45, 7) is 2.61. The van der Waals surface area contributed by atoms with Gasteiger partial charge < -0.3 is 4.74 Å². The molecule has 0 aliphatic rings. The number of nitrogens with one attached hydrogen (secondary N) is 1. The van der Waals surface area contributed by atoms with E-state index in [1.54, 1.807) is 30.3 Å². The summed E-state index contributed by atoms with van der Waals surface area (Å²) in [6.07, 6.45) is 1.91. The third-order valence-corrected chi connectivity index (χ3v) is 7.01. The normalized spacial score (nSPS) is 11.3. The number of carbonyl (C=O) groups is 1. The first kappa shape index (κ1) is 21.8. The Balaban J connectivity index is 1.68. The van der Waals surface area contributed by atoms with E-state index in [4.69, 9.17) is 4.74 Å². The predicted molar refractivity (Wildman–Crippen MR) is 112 cm³/mol. The van der Waals surface area contributed by atoms with Crippen molar-refractivity contribution in [2.75, 3.05) is 11.9 Å². The third kappa shape index (κ3) is 5.61. The van der Waals surface area contributed by atoms with Gasteiger partial charge in [0.2, 0.25) is 19.3 Å². The lowest BCUT2D eigenvalue weighted by Crippen LogP contribution is -2.11. The summed E-state index contributed by atoms with van der Waals surface area (Å²) in [5.41, 5.74) is 0.383. The van der Waals surface area contributed by atoms with Crippen LogP contribution in [-0.2, 0) is 15.6 Å². The second kappa shape index (κ2) is 9.77. The Morgan fingerprint density at radius 1 is 1.17 bits per heavy atom. The van der Waals surface area contributed by atoms with E-state index in [1.807, 2.05) is 0 Å². The molecule has 0 saturated carbocycles. The lowest BCUT2D eigenvalue weighted by Gasteiger charge is -2.07. The molecule has 30 heavy (non-hydrogen) atoms. The Morgan fingerprint density at radius 3 is 2.73 bits per heavy atom. The molecule has 0 saturated heterocycles. The topological polar surface area (TPSA) is 98.2 Å². The first-order valence-corrected chi connectivity index (χ1v) is 11.7. The molecule has 1 N–H and O–H groups in total. The standard InChI is InChI=1S/C20H20FN3O4S2/c1-2-3-11-28-16-9-6-8-14(12-16)18(25)22-19-23-24-20(29-19)30(26,27)13-15-7-4-5-10-17(15)21/h4-10,12H,2-3,11,13H2,1H3,(H,22,23,25). The van der Waals surface area contributed by atoms with Crippen molar-refractivity contribution in [3.05, 3.63) is 65.5 Å². The van der Waals surface area contributed by atoms with Crippen molar-refractivity contribution in [1.82, 2.24) is 10.2 Å². The summed E-state index contributed by atoms with van der Waals surface area (Å²) in [5.74, 6) is -1.05. The average Bonchev–Trinajstić information content (AvgIpc) is 3.20. The molecule has 0 aliphatic carbocycles. The van der Waals surface area contributed by atoms with Crippen LogP contribution in [0, 0.1) is 5.82 Å². The molecule has 0 spiro atoms. The predicted octanol–water partition coefficient (Wildman–Crippen LogP) is 4.08. The highest BCUT2D eigenvalue weighted by Gasteiger charge is 2.23. The highest BCUT2D eigenvalue weighted by Crippen LogP contribution is 2.25. The van der Waals surface area contributed by atoms with Gasteiger partial charge in [0.05, 0.1) is 12.4 Å². The summed E-state index contributed by atoms with van der Waals surface area (Å²) in [6, 6.07) is 12.3. The minimum absolute atomic E-state index is 0.0319.